The van der Waals surface area contributed by atoms with E-state index in [4.69, 9.17) is 19.6 Å². The van der Waals surface area contributed by atoms with E-state index < -0.39 is 60.8 Å². The highest BCUT2D eigenvalue weighted by Crippen LogP contribution is 2.31. The second kappa shape index (κ2) is 9.41. The van der Waals surface area contributed by atoms with Gasteiger partial charge in [0.1, 0.15) is 11.3 Å². The van der Waals surface area contributed by atoms with Crippen LogP contribution in [-0.2, 0) is 24.2 Å². The lowest BCUT2D eigenvalue weighted by atomic mass is 10.1. The zero-order valence-electron chi connectivity index (χ0n) is 16.8. The molecule has 170 valence electrons. The lowest BCUT2D eigenvalue weighted by Crippen LogP contribution is -2.47. The van der Waals surface area contributed by atoms with Crippen molar-refractivity contribution in [1.29, 1.82) is 5.26 Å². The monoisotopic (exact) mass is 468 g/mol. The molecule has 2 rings (SSSR count). The minimum absolute atomic E-state index is 0.0630. The highest BCUT2D eigenvalue weighted by molar-refractivity contribution is 7.91. The third kappa shape index (κ3) is 4.82. The van der Waals surface area contributed by atoms with E-state index in [0.29, 0.717) is 5.06 Å². The van der Waals surface area contributed by atoms with Crippen LogP contribution in [0.25, 0.3) is 0 Å². The summed E-state index contributed by atoms with van der Waals surface area (Å²) in [5.74, 6) is -4.32. The average Bonchev–Trinajstić information content (AvgIpc) is 2.71. The number of esters is 1. The Morgan fingerprint density at radius 3 is 2.53 bits per heavy atom. The number of benzene rings is 1. The van der Waals surface area contributed by atoms with Gasteiger partial charge in [-0.2, -0.15) is 10.3 Å². The molecule has 0 bridgehead atoms. The number of carboxylic acid groups (broad SMARTS) is 1. The van der Waals surface area contributed by atoms with Gasteiger partial charge in [0.25, 0.3) is 5.50 Å². The van der Waals surface area contributed by atoms with Gasteiger partial charge in [-0.15, -0.1) is 0 Å². The van der Waals surface area contributed by atoms with Crippen molar-refractivity contribution in [3.8, 4) is 11.8 Å². The number of carboxylic acids is 1. The minimum Gasteiger partial charge on any atom is -0.478 e. The summed E-state index contributed by atoms with van der Waals surface area (Å²) in [6, 6.07) is 4.89. The van der Waals surface area contributed by atoms with Crippen molar-refractivity contribution >= 4 is 27.5 Å². The molecule has 0 fully saturated rings. The number of carbonyl (C=O) groups is 2. The van der Waals surface area contributed by atoms with E-state index in [0.717, 1.165) is 25.5 Å². The topological polar surface area (TPSA) is 199 Å². The maximum absolute atomic E-state index is 12.3. The lowest BCUT2D eigenvalue weighted by Gasteiger charge is -2.31. The van der Waals surface area contributed by atoms with Gasteiger partial charge in [-0.25, -0.2) is 23.0 Å². The van der Waals surface area contributed by atoms with Gasteiger partial charge in [0.05, 0.1) is 30.3 Å². The van der Waals surface area contributed by atoms with E-state index in [1.165, 1.54) is 13.0 Å². The summed E-state index contributed by atoms with van der Waals surface area (Å²) in [4.78, 5) is 43.1. The second-order valence-corrected chi connectivity index (χ2v) is 8.08. The number of aliphatic imine (C=N–C) groups is 1. The number of rotatable bonds is 8. The standard InChI is InChI=1S/C17H16N4O10S/c1-4-30-16(24)12-13(21(25)26)14(20(29-2)17(19-12)32(3,27)28)31-11-7-9(8-18)5-6-10(11)15(22)23/h5-7,17H,4H2,1-3H3,(H,22,23). The molecule has 1 N–H and O–H groups in total. The number of nitrogens with zero attached hydrogens (tertiary/aromatic N) is 4. The molecule has 1 aliphatic heterocycles. The number of carbonyl (C=O) groups excluding carboxylic acids is 1. The van der Waals surface area contributed by atoms with Crippen molar-refractivity contribution < 1.29 is 42.3 Å². The fourth-order valence-corrected chi connectivity index (χ4v) is 3.36. The zero-order valence-corrected chi connectivity index (χ0v) is 17.7. The number of nitro groups is 1. The van der Waals surface area contributed by atoms with Crippen LogP contribution in [0, 0.1) is 21.4 Å². The Labute approximate surface area is 180 Å². The van der Waals surface area contributed by atoms with Gasteiger partial charge in [-0.3, -0.25) is 15.0 Å². The van der Waals surface area contributed by atoms with Crippen LogP contribution in [0.4, 0.5) is 0 Å². The van der Waals surface area contributed by atoms with E-state index in [1.807, 2.05) is 0 Å². The van der Waals surface area contributed by atoms with Crippen LogP contribution >= 0.6 is 0 Å². The summed E-state index contributed by atoms with van der Waals surface area (Å²) in [6.45, 7) is 1.21. The Morgan fingerprint density at radius 2 is 2.06 bits per heavy atom. The number of sulfone groups is 1. The van der Waals surface area contributed by atoms with Crippen LogP contribution in [0.15, 0.2) is 34.8 Å². The minimum atomic E-state index is -4.18. The smallest absolute Gasteiger partial charge is 0.364 e. The number of hydrogen-bond acceptors (Lipinski definition) is 12. The normalized spacial score (nSPS) is 16.1. The molecule has 32 heavy (non-hydrogen) atoms. The molecule has 15 heteroatoms. The third-order valence-electron chi connectivity index (χ3n) is 3.85. The van der Waals surface area contributed by atoms with E-state index in [-0.39, 0.29) is 12.2 Å². The Hall–Kier alpha value is -4.03. The summed E-state index contributed by atoms with van der Waals surface area (Å²) < 4.78 is 34.7. The van der Waals surface area contributed by atoms with Crippen molar-refractivity contribution in [2.75, 3.05) is 20.0 Å². The third-order valence-corrected chi connectivity index (χ3v) is 4.91. The van der Waals surface area contributed by atoms with Gasteiger partial charge in [0.2, 0.25) is 5.71 Å². The molecule has 1 unspecified atom stereocenters. The van der Waals surface area contributed by atoms with Crippen molar-refractivity contribution in [2.45, 2.75) is 12.4 Å². The second-order valence-electron chi connectivity index (χ2n) is 6.00. The van der Waals surface area contributed by atoms with Crippen LogP contribution in [0.3, 0.4) is 0 Å². The van der Waals surface area contributed by atoms with Gasteiger partial charge in [0.15, 0.2) is 9.84 Å². The number of hydrogen-bond donors (Lipinski definition) is 1. The highest BCUT2D eigenvalue weighted by Gasteiger charge is 2.47. The molecule has 1 aromatic rings. The zero-order chi connectivity index (χ0) is 24.2. The molecule has 0 aromatic heterocycles. The molecule has 1 aromatic carbocycles. The molecule has 0 saturated carbocycles. The number of ether oxygens (including phenoxy) is 2. The van der Waals surface area contributed by atoms with E-state index in [2.05, 4.69) is 4.99 Å². The van der Waals surface area contributed by atoms with E-state index >= 15 is 0 Å². The molecular weight excluding hydrogens is 452 g/mol. The Kier molecular flexibility index (Phi) is 7.13. The summed E-state index contributed by atoms with van der Waals surface area (Å²) in [5, 5.41) is 30.7. The first-order chi connectivity index (χ1) is 15.0. The number of hydroxylamine groups is 2. The maximum atomic E-state index is 12.3. The van der Waals surface area contributed by atoms with Crippen molar-refractivity contribution in [3.63, 3.8) is 0 Å². The van der Waals surface area contributed by atoms with Crippen LogP contribution in [-0.4, -0.2) is 66.6 Å². The molecule has 1 aliphatic rings. The van der Waals surface area contributed by atoms with Gasteiger partial charge in [-0.1, -0.05) is 0 Å². The Balaban J connectivity index is 2.84. The van der Waals surface area contributed by atoms with Crippen LogP contribution in [0.1, 0.15) is 22.8 Å². The quantitative estimate of drug-likeness (QED) is 0.311. The first-order valence-electron chi connectivity index (χ1n) is 8.57. The average molecular weight is 468 g/mol. The lowest BCUT2D eigenvalue weighted by molar-refractivity contribution is -0.421. The molecule has 0 aliphatic carbocycles. The predicted molar refractivity (Wildman–Crippen MR) is 104 cm³/mol. The maximum Gasteiger partial charge on any atom is 0.364 e. The summed E-state index contributed by atoms with van der Waals surface area (Å²) >= 11 is 0. The van der Waals surface area contributed by atoms with Gasteiger partial charge in [-0.05, 0) is 25.1 Å². The molecule has 1 heterocycles. The molecular formula is C17H16N4O10S. The fraction of sp³-hybridized carbons (Fsp3) is 0.294. The number of nitriles is 1. The predicted octanol–water partition coefficient (Wildman–Crippen LogP) is 0.290. The van der Waals surface area contributed by atoms with Gasteiger partial charge >= 0.3 is 23.5 Å². The van der Waals surface area contributed by atoms with Crippen LogP contribution in [0.2, 0.25) is 0 Å². The summed E-state index contributed by atoms with van der Waals surface area (Å²) in [6.07, 6.45) is 0.726. The molecule has 14 nitrogen and oxygen atoms in total. The van der Waals surface area contributed by atoms with Crippen molar-refractivity contribution in [2.24, 2.45) is 4.99 Å². The first kappa shape index (κ1) is 24.2. The van der Waals surface area contributed by atoms with Crippen LogP contribution < -0.4 is 4.74 Å². The van der Waals surface area contributed by atoms with Crippen LogP contribution in [0.5, 0.6) is 5.75 Å². The Morgan fingerprint density at radius 1 is 1.41 bits per heavy atom. The molecule has 0 saturated heterocycles. The highest BCUT2D eigenvalue weighted by atomic mass is 32.2. The molecule has 0 amide bonds. The van der Waals surface area contributed by atoms with Crippen molar-refractivity contribution in [1.82, 2.24) is 5.06 Å². The van der Waals surface area contributed by atoms with Gasteiger partial charge < -0.3 is 14.6 Å². The number of aromatic carboxylic acids is 1. The van der Waals surface area contributed by atoms with E-state index in [1.54, 1.807) is 6.07 Å². The molecule has 0 radical (unpaired) electrons. The molecule has 0 spiro atoms. The largest absolute Gasteiger partial charge is 0.478 e. The van der Waals surface area contributed by atoms with Gasteiger partial charge in [0, 0.05) is 6.26 Å². The van der Waals surface area contributed by atoms with Crippen molar-refractivity contribution in [3.05, 3.63) is 51.0 Å². The Bertz CT molecular complexity index is 1180. The first-order valence-corrected chi connectivity index (χ1v) is 10.5. The van der Waals surface area contributed by atoms with E-state index in [9.17, 15) is 33.2 Å². The summed E-state index contributed by atoms with van der Waals surface area (Å²) in [7, 11) is -3.23. The SMILES string of the molecule is CCOC(=O)C1=NC(S(C)(=O)=O)N(OC)C(Oc2cc(C#N)ccc2C(=O)O)=C1[N+](=O)[O-]. The molecule has 1 atom stereocenters. The fourth-order valence-electron chi connectivity index (χ4n) is 2.54. The summed E-state index contributed by atoms with van der Waals surface area (Å²) in [5.41, 5.74) is -4.69.